The van der Waals surface area contributed by atoms with E-state index in [2.05, 4.69) is 5.32 Å². The third kappa shape index (κ3) is 4.14. The first-order valence-corrected chi connectivity index (χ1v) is 9.45. The fraction of sp³-hybridized carbons (Fsp3) is 0.238. The molecule has 29 heavy (non-hydrogen) atoms. The second-order valence-electron chi connectivity index (χ2n) is 6.61. The minimum absolute atomic E-state index is 0.0272. The van der Waals surface area contributed by atoms with Gasteiger partial charge in [-0.3, -0.25) is 14.4 Å². The van der Waals surface area contributed by atoms with Crippen LogP contribution < -0.4 is 10.2 Å². The Kier molecular flexibility index (Phi) is 5.98. The van der Waals surface area contributed by atoms with Gasteiger partial charge in [0.25, 0.3) is 17.7 Å². The fourth-order valence-electron chi connectivity index (χ4n) is 2.85. The van der Waals surface area contributed by atoms with E-state index in [1.54, 1.807) is 24.3 Å². The Morgan fingerprint density at radius 1 is 1.10 bits per heavy atom. The molecule has 150 valence electrons. The highest BCUT2D eigenvalue weighted by Gasteiger charge is 2.38. The summed E-state index contributed by atoms with van der Waals surface area (Å²) in [5, 5.41) is 2.94. The van der Waals surface area contributed by atoms with Gasteiger partial charge in [-0.2, -0.15) is 0 Å². The second-order valence-corrected chi connectivity index (χ2v) is 7.02. The maximum Gasteiger partial charge on any atom is 0.338 e. The van der Waals surface area contributed by atoms with E-state index in [-0.39, 0.29) is 33.4 Å². The Labute approximate surface area is 172 Å². The molecule has 1 aliphatic rings. The number of hydrogen-bond donors (Lipinski definition) is 1. The smallest absolute Gasteiger partial charge is 0.338 e. The number of imide groups is 1. The predicted octanol–water partition coefficient (Wildman–Crippen LogP) is 3.21. The van der Waals surface area contributed by atoms with Crippen LogP contribution in [0, 0.1) is 0 Å². The van der Waals surface area contributed by atoms with E-state index in [1.807, 2.05) is 13.8 Å². The number of esters is 1. The van der Waals surface area contributed by atoms with E-state index < -0.39 is 30.3 Å². The molecule has 2 aromatic carbocycles. The molecule has 0 unspecified atom stereocenters. The van der Waals surface area contributed by atoms with Crippen LogP contribution in [0.2, 0.25) is 5.02 Å². The van der Waals surface area contributed by atoms with Crippen LogP contribution in [0.1, 0.15) is 51.3 Å². The first kappa shape index (κ1) is 20.5. The van der Waals surface area contributed by atoms with Gasteiger partial charge in [0.15, 0.2) is 6.61 Å². The monoisotopic (exact) mass is 414 g/mol. The van der Waals surface area contributed by atoms with Crippen molar-refractivity contribution in [2.45, 2.75) is 26.3 Å². The summed E-state index contributed by atoms with van der Waals surface area (Å²) in [7, 11) is 0. The molecule has 0 radical (unpaired) electrons. The molecule has 0 saturated heterocycles. The highest BCUT2D eigenvalue weighted by atomic mass is 35.5. The van der Waals surface area contributed by atoms with Crippen LogP contribution >= 0.6 is 11.6 Å². The maximum absolute atomic E-state index is 12.8. The van der Waals surface area contributed by atoms with Crippen LogP contribution in [-0.2, 0) is 9.53 Å². The van der Waals surface area contributed by atoms with Gasteiger partial charge in [-0.15, -0.1) is 0 Å². The Morgan fingerprint density at radius 3 is 2.48 bits per heavy atom. The summed E-state index contributed by atoms with van der Waals surface area (Å²) in [6.45, 7) is 3.33. The quantitative estimate of drug-likeness (QED) is 0.578. The van der Waals surface area contributed by atoms with Gasteiger partial charge < -0.3 is 10.1 Å². The Hall–Kier alpha value is -3.19. The highest BCUT2D eigenvalue weighted by molar-refractivity contribution is 6.39. The van der Waals surface area contributed by atoms with Gasteiger partial charge in [0.2, 0.25) is 0 Å². The van der Waals surface area contributed by atoms with Gasteiger partial charge in [-0.05, 0) is 43.7 Å². The van der Waals surface area contributed by atoms with E-state index in [9.17, 15) is 19.2 Å². The summed E-state index contributed by atoms with van der Waals surface area (Å²) in [4.78, 5) is 50.4. The van der Waals surface area contributed by atoms with Crippen molar-refractivity contribution >= 4 is 41.0 Å². The molecule has 7 nitrogen and oxygen atoms in total. The lowest BCUT2D eigenvalue weighted by molar-refractivity contribution is -0.124. The summed E-state index contributed by atoms with van der Waals surface area (Å²) >= 11 is 6.12. The molecule has 0 aromatic heterocycles. The fourth-order valence-corrected chi connectivity index (χ4v) is 3.07. The molecule has 1 aliphatic heterocycles. The zero-order valence-electron chi connectivity index (χ0n) is 15.9. The molecule has 0 spiro atoms. The van der Waals surface area contributed by atoms with E-state index in [1.165, 1.54) is 18.2 Å². The molecule has 1 heterocycles. The van der Waals surface area contributed by atoms with Gasteiger partial charge in [0, 0.05) is 6.04 Å². The number of benzene rings is 2. The van der Waals surface area contributed by atoms with Crippen LogP contribution in [-0.4, -0.2) is 36.3 Å². The zero-order chi connectivity index (χ0) is 21.1. The number of hydrogen-bond acceptors (Lipinski definition) is 5. The molecule has 2 aromatic rings. The highest BCUT2D eigenvalue weighted by Crippen LogP contribution is 2.33. The standard InChI is InChI=1S/C21H19ClN2O5/c1-3-12(2)23-18(25)11-29-21(28)13-8-9-14-15(10-13)20(27)24(19(14)26)17-7-5-4-6-16(17)22/h4-10,12H,3,11H2,1-2H3,(H,23,25)/t12-/m0/s1. The minimum Gasteiger partial charge on any atom is -0.452 e. The average Bonchev–Trinajstić information content (AvgIpc) is 2.96. The largest absolute Gasteiger partial charge is 0.452 e. The molecule has 0 aliphatic carbocycles. The SMILES string of the molecule is CC[C@H](C)NC(=O)COC(=O)c1ccc2c(c1)C(=O)N(c1ccccc1Cl)C2=O. The average molecular weight is 415 g/mol. The van der Waals surface area contributed by atoms with Crippen molar-refractivity contribution in [2.24, 2.45) is 0 Å². The van der Waals surface area contributed by atoms with E-state index in [0.29, 0.717) is 0 Å². The predicted molar refractivity (Wildman–Crippen MR) is 107 cm³/mol. The third-order valence-electron chi connectivity index (χ3n) is 4.57. The molecular formula is C21H19ClN2O5. The lowest BCUT2D eigenvalue weighted by Gasteiger charge is -2.15. The number of ether oxygens (including phenoxy) is 1. The van der Waals surface area contributed by atoms with Gasteiger partial charge >= 0.3 is 5.97 Å². The van der Waals surface area contributed by atoms with Crippen molar-refractivity contribution in [2.75, 3.05) is 11.5 Å². The van der Waals surface area contributed by atoms with Gasteiger partial charge in [0.05, 0.1) is 27.4 Å². The normalized spacial score (nSPS) is 13.8. The Balaban J connectivity index is 1.77. The van der Waals surface area contributed by atoms with Crippen molar-refractivity contribution in [1.29, 1.82) is 0 Å². The van der Waals surface area contributed by atoms with E-state index in [4.69, 9.17) is 16.3 Å². The second kappa shape index (κ2) is 8.45. The van der Waals surface area contributed by atoms with Crippen LogP contribution in [0.4, 0.5) is 5.69 Å². The lowest BCUT2D eigenvalue weighted by atomic mass is 10.1. The van der Waals surface area contributed by atoms with Crippen molar-refractivity contribution in [1.82, 2.24) is 5.32 Å². The van der Waals surface area contributed by atoms with Crippen LogP contribution in [0.5, 0.6) is 0 Å². The number of rotatable bonds is 6. The van der Waals surface area contributed by atoms with Gasteiger partial charge in [-0.1, -0.05) is 30.7 Å². The van der Waals surface area contributed by atoms with Crippen LogP contribution in [0.25, 0.3) is 0 Å². The zero-order valence-corrected chi connectivity index (χ0v) is 16.7. The van der Waals surface area contributed by atoms with E-state index in [0.717, 1.165) is 11.3 Å². The molecule has 1 atom stereocenters. The number of carbonyl (C=O) groups excluding carboxylic acids is 4. The number of para-hydroxylation sites is 1. The maximum atomic E-state index is 12.8. The summed E-state index contributed by atoms with van der Waals surface area (Å²) < 4.78 is 5.01. The summed E-state index contributed by atoms with van der Waals surface area (Å²) in [5.41, 5.74) is 0.586. The Morgan fingerprint density at radius 2 is 1.79 bits per heavy atom. The van der Waals surface area contributed by atoms with Crippen LogP contribution in [0.15, 0.2) is 42.5 Å². The number of amides is 3. The van der Waals surface area contributed by atoms with Crippen molar-refractivity contribution < 1.29 is 23.9 Å². The molecule has 1 N–H and O–H groups in total. The molecule has 0 fully saturated rings. The minimum atomic E-state index is -0.761. The molecule has 0 saturated carbocycles. The molecule has 0 bridgehead atoms. The third-order valence-corrected chi connectivity index (χ3v) is 4.89. The molecular weight excluding hydrogens is 396 g/mol. The van der Waals surface area contributed by atoms with Crippen molar-refractivity contribution in [3.8, 4) is 0 Å². The number of fused-ring (bicyclic) bond motifs is 1. The summed E-state index contributed by atoms with van der Waals surface area (Å²) in [6, 6.07) is 10.5. The number of nitrogens with zero attached hydrogens (tertiary/aromatic N) is 1. The first-order valence-electron chi connectivity index (χ1n) is 9.07. The van der Waals surface area contributed by atoms with Gasteiger partial charge in [-0.25, -0.2) is 9.69 Å². The van der Waals surface area contributed by atoms with E-state index >= 15 is 0 Å². The Bertz CT molecular complexity index is 1000. The number of halogens is 1. The van der Waals surface area contributed by atoms with Crippen molar-refractivity contribution in [3.63, 3.8) is 0 Å². The van der Waals surface area contributed by atoms with Crippen LogP contribution in [0.3, 0.4) is 0 Å². The molecule has 3 amide bonds. The summed E-state index contributed by atoms with van der Waals surface area (Å²) in [5.74, 6) is -2.28. The summed E-state index contributed by atoms with van der Waals surface area (Å²) in [6.07, 6.45) is 0.753. The lowest BCUT2D eigenvalue weighted by Crippen LogP contribution is -2.35. The number of nitrogens with one attached hydrogen (secondary N) is 1. The molecule has 8 heteroatoms. The number of anilines is 1. The first-order chi connectivity index (χ1) is 13.8. The molecule has 3 rings (SSSR count). The van der Waals surface area contributed by atoms with Gasteiger partial charge in [0.1, 0.15) is 0 Å². The van der Waals surface area contributed by atoms with Crippen molar-refractivity contribution in [3.05, 3.63) is 64.2 Å². The number of carbonyl (C=O) groups is 4. The topological polar surface area (TPSA) is 92.8 Å².